The molecule has 122 valence electrons. The van der Waals surface area contributed by atoms with Crippen LogP contribution in [-0.2, 0) is 0 Å². The first kappa shape index (κ1) is 15.9. The Morgan fingerprint density at radius 1 is 1.17 bits per heavy atom. The van der Waals surface area contributed by atoms with E-state index in [1.807, 2.05) is 18.2 Å². The van der Waals surface area contributed by atoms with Gasteiger partial charge in [-0.25, -0.2) is 4.79 Å². The highest BCUT2D eigenvalue weighted by atomic mass is 79.9. The molecule has 2 aliphatic rings. The van der Waals surface area contributed by atoms with E-state index in [0.29, 0.717) is 11.5 Å². The first-order chi connectivity index (χ1) is 11.5. The second kappa shape index (κ2) is 6.05. The van der Waals surface area contributed by atoms with Crippen molar-refractivity contribution in [2.75, 3.05) is 5.32 Å². The number of hydrogen-bond acceptors (Lipinski definition) is 2. The molecule has 1 aliphatic carbocycles. The van der Waals surface area contributed by atoms with Crippen LogP contribution in [0.2, 0.25) is 0 Å². The topological polar surface area (TPSA) is 49.3 Å². The van der Waals surface area contributed by atoms with Gasteiger partial charge >= 0.3 is 5.97 Å². The molecule has 5 heteroatoms. The summed E-state index contributed by atoms with van der Waals surface area (Å²) in [4.78, 5) is 11.7. The summed E-state index contributed by atoms with van der Waals surface area (Å²) in [6.45, 7) is 0. The number of allylic oxidation sites excluding steroid dienone is 2. The van der Waals surface area contributed by atoms with E-state index < -0.39 is 5.97 Å². The van der Waals surface area contributed by atoms with Crippen LogP contribution < -0.4 is 5.32 Å². The number of rotatable bonds is 2. The zero-order valence-electron chi connectivity index (χ0n) is 12.7. The van der Waals surface area contributed by atoms with Crippen molar-refractivity contribution in [1.82, 2.24) is 0 Å². The summed E-state index contributed by atoms with van der Waals surface area (Å²) in [6.07, 6.45) is 5.41. The van der Waals surface area contributed by atoms with E-state index >= 15 is 0 Å². The fourth-order valence-corrected chi connectivity index (χ4v) is 4.76. The molecule has 0 fully saturated rings. The fraction of sp³-hybridized carbons (Fsp3) is 0.211. The Bertz CT molecular complexity index is 862. The molecule has 0 radical (unpaired) electrons. The van der Waals surface area contributed by atoms with Crippen LogP contribution in [0.25, 0.3) is 0 Å². The van der Waals surface area contributed by atoms with Gasteiger partial charge in [-0.2, -0.15) is 0 Å². The lowest BCUT2D eigenvalue weighted by Gasteiger charge is -2.38. The van der Waals surface area contributed by atoms with Crippen molar-refractivity contribution in [2.24, 2.45) is 5.92 Å². The van der Waals surface area contributed by atoms with Crippen molar-refractivity contribution in [1.29, 1.82) is 0 Å². The summed E-state index contributed by atoms with van der Waals surface area (Å²) in [6, 6.07) is 12.0. The highest BCUT2D eigenvalue weighted by Gasteiger charge is 2.39. The number of fused-ring (bicyclic) bond motifs is 3. The van der Waals surface area contributed by atoms with Crippen LogP contribution in [0.5, 0.6) is 0 Å². The van der Waals surface area contributed by atoms with E-state index in [1.54, 1.807) is 6.07 Å². The van der Waals surface area contributed by atoms with Gasteiger partial charge in [0, 0.05) is 14.9 Å². The van der Waals surface area contributed by atoms with Crippen LogP contribution in [0.3, 0.4) is 0 Å². The molecule has 0 unspecified atom stereocenters. The molecule has 1 aliphatic heterocycles. The van der Waals surface area contributed by atoms with Gasteiger partial charge in [0.1, 0.15) is 0 Å². The number of halogens is 2. The molecule has 0 aromatic heterocycles. The zero-order valence-corrected chi connectivity index (χ0v) is 15.8. The molecule has 2 N–H and O–H groups in total. The fourth-order valence-electron chi connectivity index (χ4n) is 3.86. The summed E-state index contributed by atoms with van der Waals surface area (Å²) in [5, 5.41) is 13.1. The lowest BCUT2D eigenvalue weighted by molar-refractivity contribution is 0.0697. The SMILES string of the molecule is O=C(O)c1cc(Br)cc2c1N[C@@H](c1cccc(Br)c1)[C@H]1CC=C[C@@H]21. The van der Waals surface area contributed by atoms with Gasteiger partial charge in [-0.05, 0) is 47.7 Å². The Morgan fingerprint density at radius 2 is 2.00 bits per heavy atom. The molecule has 0 saturated heterocycles. The molecule has 0 bridgehead atoms. The zero-order chi connectivity index (χ0) is 16.8. The van der Waals surface area contributed by atoms with E-state index in [2.05, 4.69) is 61.5 Å². The Balaban J connectivity index is 1.87. The number of carbonyl (C=O) groups is 1. The predicted molar refractivity (Wildman–Crippen MR) is 102 cm³/mol. The van der Waals surface area contributed by atoms with E-state index in [0.717, 1.165) is 26.6 Å². The monoisotopic (exact) mass is 447 g/mol. The first-order valence-corrected chi connectivity index (χ1v) is 9.38. The summed E-state index contributed by atoms with van der Waals surface area (Å²) in [7, 11) is 0. The Kier molecular flexibility index (Phi) is 4.01. The number of benzene rings is 2. The maximum absolute atomic E-state index is 11.7. The highest BCUT2D eigenvalue weighted by Crippen LogP contribution is 2.51. The summed E-state index contributed by atoms with van der Waals surface area (Å²) < 4.78 is 1.84. The molecule has 0 saturated carbocycles. The van der Waals surface area contributed by atoms with Gasteiger partial charge in [-0.3, -0.25) is 0 Å². The standard InChI is InChI=1S/C19H15Br2NO2/c20-11-4-1-3-10(7-11)17-14-6-2-5-13(14)15-8-12(21)9-16(19(23)24)18(15)22-17/h1-5,7-9,13-14,17,22H,6H2,(H,23,24)/t13-,14+,17+/m1/s1. The van der Waals surface area contributed by atoms with Crippen molar-refractivity contribution >= 4 is 43.5 Å². The van der Waals surface area contributed by atoms with Gasteiger partial charge in [0.2, 0.25) is 0 Å². The van der Waals surface area contributed by atoms with Gasteiger partial charge in [-0.1, -0.05) is 56.1 Å². The number of carboxylic acids is 1. The largest absolute Gasteiger partial charge is 0.478 e. The maximum Gasteiger partial charge on any atom is 0.337 e. The third kappa shape index (κ3) is 2.60. The Morgan fingerprint density at radius 3 is 2.75 bits per heavy atom. The van der Waals surface area contributed by atoms with Crippen LogP contribution >= 0.6 is 31.9 Å². The third-order valence-electron chi connectivity index (χ3n) is 4.87. The lowest BCUT2D eigenvalue weighted by Crippen LogP contribution is -2.30. The van der Waals surface area contributed by atoms with Crippen LogP contribution in [0.1, 0.15) is 39.9 Å². The number of anilines is 1. The van der Waals surface area contributed by atoms with Gasteiger partial charge in [0.25, 0.3) is 0 Å². The predicted octanol–water partition coefficient (Wildman–Crippen LogP) is 5.74. The van der Waals surface area contributed by atoms with E-state index in [9.17, 15) is 9.90 Å². The van der Waals surface area contributed by atoms with Crippen molar-refractivity contribution in [3.8, 4) is 0 Å². The molecule has 4 rings (SSSR count). The average Bonchev–Trinajstić information content (AvgIpc) is 3.03. The first-order valence-electron chi connectivity index (χ1n) is 7.80. The molecule has 2 aromatic rings. The van der Waals surface area contributed by atoms with Crippen molar-refractivity contribution in [3.63, 3.8) is 0 Å². The number of hydrogen-bond donors (Lipinski definition) is 2. The van der Waals surface area contributed by atoms with Gasteiger partial charge in [-0.15, -0.1) is 0 Å². The third-order valence-corrected chi connectivity index (χ3v) is 5.82. The van der Waals surface area contributed by atoms with Crippen LogP contribution in [0.4, 0.5) is 5.69 Å². The lowest BCUT2D eigenvalue weighted by atomic mass is 9.76. The Labute approximate surface area is 157 Å². The molecular weight excluding hydrogens is 434 g/mol. The second-order valence-electron chi connectivity index (χ2n) is 6.25. The van der Waals surface area contributed by atoms with Crippen LogP contribution in [0, 0.1) is 5.92 Å². The molecule has 3 atom stereocenters. The molecule has 1 heterocycles. The summed E-state index contributed by atoms with van der Waals surface area (Å²) in [5.74, 6) is -0.281. The summed E-state index contributed by atoms with van der Waals surface area (Å²) in [5.41, 5.74) is 3.29. The average molecular weight is 449 g/mol. The minimum Gasteiger partial charge on any atom is -0.478 e. The quantitative estimate of drug-likeness (QED) is 0.576. The van der Waals surface area contributed by atoms with Crippen molar-refractivity contribution in [3.05, 3.63) is 74.2 Å². The molecule has 0 amide bonds. The molecule has 2 aromatic carbocycles. The van der Waals surface area contributed by atoms with Gasteiger partial charge < -0.3 is 10.4 Å². The molecule has 0 spiro atoms. The van der Waals surface area contributed by atoms with E-state index in [-0.39, 0.29) is 12.0 Å². The second-order valence-corrected chi connectivity index (χ2v) is 8.08. The number of aromatic carboxylic acids is 1. The van der Waals surface area contributed by atoms with Crippen molar-refractivity contribution < 1.29 is 9.90 Å². The van der Waals surface area contributed by atoms with Crippen LogP contribution in [0.15, 0.2) is 57.5 Å². The molecule has 3 nitrogen and oxygen atoms in total. The highest BCUT2D eigenvalue weighted by molar-refractivity contribution is 9.10. The number of carboxylic acid groups (broad SMARTS) is 1. The van der Waals surface area contributed by atoms with Crippen LogP contribution in [-0.4, -0.2) is 11.1 Å². The van der Waals surface area contributed by atoms with Gasteiger partial charge in [0.05, 0.1) is 17.3 Å². The molecular formula is C19H15Br2NO2. The molecule has 24 heavy (non-hydrogen) atoms. The smallest absolute Gasteiger partial charge is 0.337 e. The van der Waals surface area contributed by atoms with E-state index in [1.165, 1.54) is 5.56 Å². The number of nitrogens with one attached hydrogen (secondary N) is 1. The maximum atomic E-state index is 11.7. The van der Waals surface area contributed by atoms with E-state index in [4.69, 9.17) is 0 Å². The minimum atomic E-state index is -0.909. The van der Waals surface area contributed by atoms with Crippen molar-refractivity contribution in [2.45, 2.75) is 18.4 Å². The Hall–Kier alpha value is -1.59. The van der Waals surface area contributed by atoms with Gasteiger partial charge in [0.15, 0.2) is 0 Å². The normalized spacial score (nSPS) is 24.2. The minimum absolute atomic E-state index is 0.0919. The summed E-state index contributed by atoms with van der Waals surface area (Å²) >= 11 is 6.99.